The number of amides is 2. The molecule has 5 nitrogen and oxygen atoms in total. The average Bonchev–Trinajstić information content (AvgIpc) is 2.81. The molecule has 5 heteroatoms. The topological polar surface area (TPSA) is 76.3 Å². The van der Waals surface area contributed by atoms with Crippen LogP contribution in [0.1, 0.15) is 24.1 Å². The summed E-state index contributed by atoms with van der Waals surface area (Å²) in [5, 5.41) is 0. The monoisotopic (exact) mass is 413 g/mol. The Morgan fingerprint density at radius 1 is 0.935 bits per heavy atom. The van der Waals surface area contributed by atoms with Gasteiger partial charge in [0.15, 0.2) is 0 Å². The van der Waals surface area contributed by atoms with Crippen molar-refractivity contribution in [2.45, 2.75) is 25.7 Å². The lowest BCUT2D eigenvalue weighted by Gasteiger charge is -2.41. The van der Waals surface area contributed by atoms with Gasteiger partial charge in [0.1, 0.15) is 0 Å². The van der Waals surface area contributed by atoms with Crippen LogP contribution in [-0.2, 0) is 22.4 Å². The molecule has 0 radical (unpaired) electrons. The van der Waals surface area contributed by atoms with Crippen molar-refractivity contribution in [1.82, 2.24) is 9.88 Å². The van der Waals surface area contributed by atoms with E-state index in [1.165, 1.54) is 0 Å². The molecule has 2 heterocycles. The Morgan fingerprint density at radius 3 is 2.32 bits per heavy atom. The largest absolute Gasteiger partial charge is 0.369 e. The average molecular weight is 414 g/mol. The van der Waals surface area contributed by atoms with E-state index in [1.54, 1.807) is 11.1 Å². The molecule has 0 aliphatic carbocycles. The predicted octanol–water partition coefficient (Wildman–Crippen LogP) is 3.63. The summed E-state index contributed by atoms with van der Waals surface area (Å²) in [5.41, 5.74) is 9.23. The van der Waals surface area contributed by atoms with Gasteiger partial charge in [-0.2, -0.15) is 0 Å². The number of carbonyl (C=O) groups excluding carboxylic acids is 2. The van der Waals surface area contributed by atoms with Gasteiger partial charge in [-0.25, -0.2) is 0 Å². The van der Waals surface area contributed by atoms with E-state index >= 15 is 0 Å². The molecule has 1 aromatic heterocycles. The number of hydrogen-bond acceptors (Lipinski definition) is 3. The number of primary amides is 1. The number of likely N-dealkylation sites (tertiary alicyclic amines) is 1. The van der Waals surface area contributed by atoms with Crippen LogP contribution in [0.25, 0.3) is 11.1 Å². The number of benzene rings is 2. The molecule has 1 atom stereocenters. The lowest BCUT2D eigenvalue weighted by Crippen LogP contribution is -2.53. The van der Waals surface area contributed by atoms with Crippen LogP contribution in [-0.4, -0.2) is 34.8 Å². The molecule has 0 spiro atoms. The van der Waals surface area contributed by atoms with Crippen molar-refractivity contribution in [3.8, 4) is 11.1 Å². The minimum Gasteiger partial charge on any atom is -0.369 e. The van der Waals surface area contributed by atoms with E-state index in [-0.39, 0.29) is 18.2 Å². The highest BCUT2D eigenvalue weighted by Gasteiger charge is 2.42. The summed E-state index contributed by atoms with van der Waals surface area (Å²) in [5.74, 6) is -0.349. The van der Waals surface area contributed by atoms with Crippen LogP contribution in [0.3, 0.4) is 0 Å². The zero-order chi connectivity index (χ0) is 21.7. The van der Waals surface area contributed by atoms with Crippen LogP contribution in [0.4, 0.5) is 0 Å². The van der Waals surface area contributed by atoms with Gasteiger partial charge in [-0.05, 0) is 48.1 Å². The predicted molar refractivity (Wildman–Crippen MR) is 121 cm³/mol. The Bertz CT molecular complexity index is 1040. The minimum atomic E-state index is -0.744. The highest BCUT2D eigenvalue weighted by atomic mass is 16.2. The van der Waals surface area contributed by atoms with E-state index in [1.807, 2.05) is 36.4 Å². The van der Waals surface area contributed by atoms with Gasteiger partial charge in [0.05, 0.1) is 11.8 Å². The van der Waals surface area contributed by atoms with Gasteiger partial charge in [-0.3, -0.25) is 14.6 Å². The summed E-state index contributed by atoms with van der Waals surface area (Å²) in [4.78, 5) is 31.5. The van der Waals surface area contributed by atoms with Gasteiger partial charge in [-0.1, -0.05) is 60.7 Å². The number of carbonyl (C=O) groups is 2. The second-order valence-corrected chi connectivity index (χ2v) is 8.30. The zero-order valence-corrected chi connectivity index (χ0v) is 17.5. The fraction of sp³-hybridized carbons (Fsp3) is 0.269. The number of piperidine rings is 1. The van der Waals surface area contributed by atoms with Crippen LogP contribution in [0, 0.1) is 5.41 Å². The molecule has 0 saturated carbocycles. The first-order valence-corrected chi connectivity index (χ1v) is 10.7. The Balaban J connectivity index is 1.49. The van der Waals surface area contributed by atoms with Crippen molar-refractivity contribution in [1.29, 1.82) is 0 Å². The molecule has 4 rings (SSSR count). The molecular weight excluding hydrogens is 386 g/mol. The molecule has 31 heavy (non-hydrogen) atoms. The molecule has 2 amide bonds. The third kappa shape index (κ3) is 4.82. The molecule has 3 aromatic rings. The van der Waals surface area contributed by atoms with Crippen molar-refractivity contribution in [3.63, 3.8) is 0 Å². The maximum Gasteiger partial charge on any atom is 0.228 e. The molecule has 2 N–H and O–H groups in total. The van der Waals surface area contributed by atoms with E-state index in [2.05, 4.69) is 41.4 Å². The fourth-order valence-corrected chi connectivity index (χ4v) is 4.38. The lowest BCUT2D eigenvalue weighted by atomic mass is 9.74. The first kappa shape index (κ1) is 20.8. The number of rotatable bonds is 6. The summed E-state index contributed by atoms with van der Waals surface area (Å²) >= 11 is 0. The molecule has 1 aliphatic rings. The summed E-state index contributed by atoms with van der Waals surface area (Å²) in [7, 11) is 0. The van der Waals surface area contributed by atoms with Crippen LogP contribution in [0.2, 0.25) is 0 Å². The van der Waals surface area contributed by atoms with Crippen LogP contribution < -0.4 is 5.73 Å². The van der Waals surface area contributed by atoms with Gasteiger partial charge >= 0.3 is 0 Å². The maximum atomic E-state index is 12.9. The number of hydrogen-bond donors (Lipinski definition) is 1. The zero-order valence-electron chi connectivity index (χ0n) is 17.5. The quantitative estimate of drug-likeness (QED) is 0.670. The smallest absolute Gasteiger partial charge is 0.228 e. The van der Waals surface area contributed by atoms with E-state index in [0.717, 1.165) is 28.8 Å². The molecule has 2 aromatic carbocycles. The Labute approximate surface area is 182 Å². The molecular formula is C26H27N3O2. The maximum absolute atomic E-state index is 12.9. The molecule has 1 fully saturated rings. The third-order valence-electron chi connectivity index (χ3n) is 6.11. The first-order valence-electron chi connectivity index (χ1n) is 10.7. The van der Waals surface area contributed by atoms with E-state index < -0.39 is 5.41 Å². The lowest BCUT2D eigenvalue weighted by molar-refractivity contribution is -0.139. The fourth-order valence-electron chi connectivity index (χ4n) is 4.38. The number of aromatic nitrogens is 1. The van der Waals surface area contributed by atoms with Gasteiger partial charge in [0.2, 0.25) is 11.8 Å². The second-order valence-electron chi connectivity index (χ2n) is 8.30. The second kappa shape index (κ2) is 9.13. The summed E-state index contributed by atoms with van der Waals surface area (Å²) in [6.45, 7) is 1.00. The molecule has 1 saturated heterocycles. The highest BCUT2D eigenvalue weighted by Crippen LogP contribution is 2.34. The summed E-state index contributed by atoms with van der Waals surface area (Å²) < 4.78 is 0. The summed E-state index contributed by atoms with van der Waals surface area (Å²) in [6.07, 6.45) is 3.91. The minimum absolute atomic E-state index is 0.0107. The van der Waals surface area contributed by atoms with Gasteiger partial charge in [0, 0.05) is 25.0 Å². The molecule has 1 aliphatic heterocycles. The van der Waals surface area contributed by atoms with Crippen LogP contribution >= 0.6 is 0 Å². The van der Waals surface area contributed by atoms with E-state index in [4.69, 9.17) is 5.73 Å². The number of nitrogens with zero attached hydrogens (tertiary/aromatic N) is 2. The SMILES string of the molecule is NC(=O)[C@]1(Cc2ccc(-c3ccccc3)cc2)CCCN(C(=O)Cc2ccccn2)C1. The van der Waals surface area contributed by atoms with Crippen molar-refractivity contribution >= 4 is 11.8 Å². The number of pyridine rings is 1. The van der Waals surface area contributed by atoms with Gasteiger partial charge in [-0.15, -0.1) is 0 Å². The van der Waals surface area contributed by atoms with Crippen LogP contribution in [0.5, 0.6) is 0 Å². The number of nitrogens with two attached hydrogens (primary N) is 1. The Kier molecular flexibility index (Phi) is 6.12. The Hall–Kier alpha value is -3.47. The normalized spacial score (nSPS) is 18.5. The standard InChI is InChI=1S/C26H27N3O2/c27-25(31)26(18-20-10-12-22(13-11-20)21-7-2-1-3-8-21)14-6-16-29(19-26)24(30)17-23-9-4-5-15-28-23/h1-5,7-13,15H,6,14,16-19H2,(H2,27,31)/t26-/m0/s1. The first-order chi connectivity index (χ1) is 15.1. The van der Waals surface area contributed by atoms with Gasteiger partial charge in [0.25, 0.3) is 0 Å². The van der Waals surface area contributed by atoms with Crippen molar-refractivity contribution in [3.05, 3.63) is 90.3 Å². The molecule has 0 bridgehead atoms. The summed E-state index contributed by atoms with van der Waals surface area (Å²) in [6, 6.07) is 24.0. The third-order valence-corrected chi connectivity index (χ3v) is 6.11. The van der Waals surface area contributed by atoms with Crippen molar-refractivity contribution < 1.29 is 9.59 Å². The highest BCUT2D eigenvalue weighted by molar-refractivity contribution is 5.84. The van der Waals surface area contributed by atoms with Crippen molar-refractivity contribution in [2.75, 3.05) is 13.1 Å². The van der Waals surface area contributed by atoms with Crippen LogP contribution in [0.15, 0.2) is 79.0 Å². The van der Waals surface area contributed by atoms with Crippen molar-refractivity contribution in [2.24, 2.45) is 11.1 Å². The molecule has 158 valence electrons. The molecule has 0 unspecified atom stereocenters. The van der Waals surface area contributed by atoms with E-state index in [9.17, 15) is 9.59 Å². The van der Waals surface area contributed by atoms with E-state index in [0.29, 0.717) is 25.9 Å². The van der Waals surface area contributed by atoms with Gasteiger partial charge < -0.3 is 10.6 Å². The Morgan fingerprint density at radius 2 is 1.65 bits per heavy atom.